The number of benzene rings is 1. The van der Waals surface area contributed by atoms with Crippen LogP contribution in [0.1, 0.15) is 13.3 Å². The molecule has 3 nitrogen and oxygen atoms in total. The standard InChI is InChI=1S/C13H13BrFN3/c1-2-5-17-13-12(16-6-7-18-13)9-3-4-11(15)10(14)8-9/h3-4,6-8H,2,5H2,1H3,(H,17,18). The summed E-state index contributed by atoms with van der Waals surface area (Å²) in [7, 11) is 0. The Hall–Kier alpha value is -1.49. The number of nitrogens with zero attached hydrogens (tertiary/aromatic N) is 2. The van der Waals surface area contributed by atoms with Crippen molar-refractivity contribution >= 4 is 21.7 Å². The normalized spacial score (nSPS) is 10.4. The number of nitrogens with one attached hydrogen (secondary N) is 1. The summed E-state index contributed by atoms with van der Waals surface area (Å²) in [5.74, 6) is 0.434. The lowest BCUT2D eigenvalue weighted by atomic mass is 10.1. The Kier molecular flexibility index (Phi) is 4.25. The fraction of sp³-hybridized carbons (Fsp3) is 0.231. The van der Waals surface area contributed by atoms with E-state index in [9.17, 15) is 4.39 Å². The van der Waals surface area contributed by atoms with Gasteiger partial charge >= 0.3 is 0 Å². The Morgan fingerprint density at radius 2 is 2.06 bits per heavy atom. The molecule has 18 heavy (non-hydrogen) atoms. The number of rotatable bonds is 4. The van der Waals surface area contributed by atoms with Crippen molar-refractivity contribution in [2.24, 2.45) is 0 Å². The number of hydrogen-bond acceptors (Lipinski definition) is 3. The monoisotopic (exact) mass is 309 g/mol. The van der Waals surface area contributed by atoms with Gasteiger partial charge in [-0.25, -0.2) is 9.37 Å². The van der Waals surface area contributed by atoms with Crippen LogP contribution in [0.15, 0.2) is 35.1 Å². The van der Waals surface area contributed by atoms with Gasteiger partial charge < -0.3 is 5.32 Å². The smallest absolute Gasteiger partial charge is 0.152 e. The van der Waals surface area contributed by atoms with Crippen molar-refractivity contribution in [2.45, 2.75) is 13.3 Å². The first kappa shape index (κ1) is 13.0. The van der Waals surface area contributed by atoms with Gasteiger partial charge in [0.15, 0.2) is 5.82 Å². The van der Waals surface area contributed by atoms with Crippen LogP contribution >= 0.6 is 15.9 Å². The zero-order valence-corrected chi connectivity index (χ0v) is 11.5. The van der Waals surface area contributed by atoms with Gasteiger partial charge in [0.05, 0.1) is 4.47 Å². The molecule has 0 amide bonds. The second kappa shape index (κ2) is 5.91. The van der Waals surface area contributed by atoms with E-state index in [1.807, 2.05) is 0 Å². The third kappa shape index (κ3) is 2.85. The Morgan fingerprint density at radius 1 is 1.28 bits per heavy atom. The van der Waals surface area contributed by atoms with Gasteiger partial charge in [0.25, 0.3) is 0 Å². The molecule has 2 aromatic rings. The largest absolute Gasteiger partial charge is 0.368 e. The number of aromatic nitrogens is 2. The van der Waals surface area contributed by atoms with Gasteiger partial charge in [0.1, 0.15) is 11.5 Å². The molecule has 0 atom stereocenters. The predicted molar refractivity (Wildman–Crippen MR) is 73.9 cm³/mol. The van der Waals surface area contributed by atoms with E-state index in [0.717, 1.165) is 30.0 Å². The van der Waals surface area contributed by atoms with E-state index in [1.54, 1.807) is 24.5 Å². The fourth-order valence-electron chi connectivity index (χ4n) is 1.57. The molecule has 1 heterocycles. The highest BCUT2D eigenvalue weighted by molar-refractivity contribution is 9.10. The minimum atomic E-state index is -0.286. The molecule has 0 aliphatic rings. The molecule has 0 radical (unpaired) electrons. The summed E-state index contributed by atoms with van der Waals surface area (Å²) < 4.78 is 13.6. The van der Waals surface area contributed by atoms with E-state index in [2.05, 4.69) is 38.1 Å². The highest BCUT2D eigenvalue weighted by Gasteiger charge is 2.09. The molecule has 0 saturated heterocycles. The lowest BCUT2D eigenvalue weighted by Crippen LogP contribution is -2.04. The Morgan fingerprint density at radius 3 is 2.78 bits per heavy atom. The van der Waals surface area contributed by atoms with E-state index in [0.29, 0.717) is 4.47 Å². The second-order valence-corrected chi connectivity index (χ2v) is 4.66. The Balaban J connectivity index is 2.39. The molecule has 1 aromatic heterocycles. The van der Waals surface area contributed by atoms with Crippen LogP contribution in [0.2, 0.25) is 0 Å². The number of hydrogen-bond donors (Lipinski definition) is 1. The number of halogens is 2. The third-order valence-electron chi connectivity index (χ3n) is 2.43. The summed E-state index contributed by atoms with van der Waals surface area (Å²) in [6.07, 6.45) is 4.27. The van der Waals surface area contributed by atoms with Crippen LogP contribution < -0.4 is 5.32 Å². The van der Waals surface area contributed by atoms with Crippen LogP contribution in [-0.4, -0.2) is 16.5 Å². The van der Waals surface area contributed by atoms with Crippen LogP contribution in [0.25, 0.3) is 11.3 Å². The first-order valence-corrected chi connectivity index (χ1v) is 6.52. The first-order valence-electron chi connectivity index (χ1n) is 5.72. The zero-order valence-electron chi connectivity index (χ0n) is 9.95. The van der Waals surface area contributed by atoms with Gasteiger partial charge in [0.2, 0.25) is 0 Å². The van der Waals surface area contributed by atoms with Crippen molar-refractivity contribution in [3.05, 3.63) is 40.9 Å². The molecule has 5 heteroatoms. The van der Waals surface area contributed by atoms with Gasteiger partial charge in [-0.1, -0.05) is 6.92 Å². The van der Waals surface area contributed by atoms with Crippen LogP contribution in [0.5, 0.6) is 0 Å². The van der Waals surface area contributed by atoms with E-state index in [-0.39, 0.29) is 5.82 Å². The molecular formula is C13H13BrFN3. The minimum Gasteiger partial charge on any atom is -0.368 e. The first-order chi connectivity index (χ1) is 8.72. The van der Waals surface area contributed by atoms with Crippen LogP contribution in [0, 0.1) is 5.82 Å². The summed E-state index contributed by atoms with van der Waals surface area (Å²) in [5, 5.41) is 3.21. The molecule has 2 rings (SSSR count). The van der Waals surface area contributed by atoms with Crippen molar-refractivity contribution < 1.29 is 4.39 Å². The SMILES string of the molecule is CCCNc1nccnc1-c1ccc(F)c(Br)c1. The van der Waals surface area contributed by atoms with Gasteiger partial charge in [-0.15, -0.1) is 0 Å². The summed E-state index contributed by atoms with van der Waals surface area (Å²) in [6, 6.07) is 4.81. The van der Waals surface area contributed by atoms with Crippen molar-refractivity contribution in [1.82, 2.24) is 9.97 Å². The maximum Gasteiger partial charge on any atom is 0.152 e. The van der Waals surface area contributed by atoms with E-state index < -0.39 is 0 Å². The minimum absolute atomic E-state index is 0.286. The summed E-state index contributed by atoms with van der Waals surface area (Å²) in [4.78, 5) is 8.57. The van der Waals surface area contributed by atoms with E-state index in [4.69, 9.17) is 0 Å². The predicted octanol–water partition coefficient (Wildman–Crippen LogP) is 3.87. The average Bonchev–Trinajstić information content (AvgIpc) is 2.40. The molecule has 0 bridgehead atoms. The molecule has 1 N–H and O–H groups in total. The Bertz CT molecular complexity index is 546. The van der Waals surface area contributed by atoms with Gasteiger partial charge in [-0.05, 0) is 40.5 Å². The topological polar surface area (TPSA) is 37.8 Å². The highest BCUT2D eigenvalue weighted by atomic mass is 79.9. The quantitative estimate of drug-likeness (QED) is 0.931. The van der Waals surface area contributed by atoms with Gasteiger partial charge in [-0.2, -0.15) is 0 Å². The lowest BCUT2D eigenvalue weighted by Gasteiger charge is -2.09. The van der Waals surface area contributed by atoms with Gasteiger partial charge in [0, 0.05) is 24.5 Å². The highest BCUT2D eigenvalue weighted by Crippen LogP contribution is 2.27. The molecular weight excluding hydrogens is 297 g/mol. The average molecular weight is 310 g/mol. The molecule has 0 aliphatic carbocycles. The van der Waals surface area contributed by atoms with Crippen molar-refractivity contribution in [3.8, 4) is 11.3 Å². The molecule has 0 spiro atoms. The Labute approximate surface area is 114 Å². The van der Waals surface area contributed by atoms with E-state index in [1.165, 1.54) is 6.07 Å². The maximum atomic E-state index is 13.2. The summed E-state index contributed by atoms with van der Waals surface area (Å²) in [6.45, 7) is 2.91. The lowest BCUT2D eigenvalue weighted by molar-refractivity contribution is 0.621. The molecule has 0 unspecified atom stereocenters. The summed E-state index contributed by atoms with van der Waals surface area (Å²) in [5.41, 5.74) is 1.56. The van der Waals surface area contributed by atoms with Crippen LogP contribution in [0.4, 0.5) is 10.2 Å². The van der Waals surface area contributed by atoms with Gasteiger partial charge in [-0.3, -0.25) is 4.98 Å². The third-order valence-corrected chi connectivity index (χ3v) is 3.04. The van der Waals surface area contributed by atoms with Crippen molar-refractivity contribution in [1.29, 1.82) is 0 Å². The molecule has 94 valence electrons. The number of anilines is 1. The fourth-order valence-corrected chi connectivity index (χ4v) is 1.94. The van der Waals surface area contributed by atoms with Crippen LogP contribution in [-0.2, 0) is 0 Å². The van der Waals surface area contributed by atoms with Crippen molar-refractivity contribution in [2.75, 3.05) is 11.9 Å². The second-order valence-electron chi connectivity index (χ2n) is 3.81. The van der Waals surface area contributed by atoms with E-state index >= 15 is 0 Å². The molecule has 0 aliphatic heterocycles. The van der Waals surface area contributed by atoms with Crippen molar-refractivity contribution in [3.63, 3.8) is 0 Å². The summed E-state index contributed by atoms with van der Waals surface area (Å²) >= 11 is 3.18. The van der Waals surface area contributed by atoms with Crippen LogP contribution in [0.3, 0.4) is 0 Å². The molecule has 1 aromatic carbocycles. The zero-order chi connectivity index (χ0) is 13.0. The maximum absolute atomic E-state index is 13.2. The molecule has 0 saturated carbocycles. The molecule has 0 fully saturated rings.